The van der Waals surface area contributed by atoms with E-state index in [4.69, 9.17) is 0 Å². The molecule has 1 fully saturated rings. The molecular weight excluding hydrogens is 283 g/mol. The number of rotatable bonds is 4. The summed E-state index contributed by atoms with van der Waals surface area (Å²) in [4.78, 5) is 11.9. The van der Waals surface area contributed by atoms with Crippen LogP contribution in [0.25, 0.3) is 10.8 Å². The van der Waals surface area contributed by atoms with Gasteiger partial charge >= 0.3 is 0 Å². The number of hydrogen-bond donors (Lipinski definition) is 3. The molecule has 1 saturated heterocycles. The molecule has 2 aromatic carbocycles. The standard InChI is InChI=1S/C17H19FN2O2/c18-17(7-8-19-11-17)16(22)20-10-15(21)14-6-5-12-3-1-2-4-13(12)9-14/h1-6,9,15,19,21H,7-8,10-11H2,(H,20,22). The lowest BCUT2D eigenvalue weighted by Crippen LogP contribution is -2.46. The van der Waals surface area contributed by atoms with E-state index in [1.165, 1.54) is 0 Å². The van der Waals surface area contributed by atoms with E-state index in [0.29, 0.717) is 12.1 Å². The third kappa shape index (κ3) is 2.96. The van der Waals surface area contributed by atoms with Crippen LogP contribution in [0.15, 0.2) is 42.5 Å². The molecule has 0 aromatic heterocycles. The Kier molecular flexibility index (Phi) is 4.09. The van der Waals surface area contributed by atoms with Crippen molar-refractivity contribution in [2.24, 2.45) is 0 Å². The number of fused-ring (bicyclic) bond motifs is 1. The molecule has 1 aliphatic heterocycles. The Labute approximate surface area is 128 Å². The van der Waals surface area contributed by atoms with Gasteiger partial charge in [-0.05, 0) is 28.9 Å². The van der Waals surface area contributed by atoms with E-state index in [2.05, 4.69) is 10.6 Å². The summed E-state index contributed by atoms with van der Waals surface area (Å²) in [5.41, 5.74) is -1.15. The molecule has 0 saturated carbocycles. The highest BCUT2D eigenvalue weighted by Crippen LogP contribution is 2.22. The summed E-state index contributed by atoms with van der Waals surface area (Å²) in [5.74, 6) is -0.655. The van der Waals surface area contributed by atoms with Crippen molar-refractivity contribution in [2.45, 2.75) is 18.2 Å². The first-order chi connectivity index (χ1) is 10.6. The third-order valence-corrected chi connectivity index (χ3v) is 4.12. The first kappa shape index (κ1) is 14.9. The Hall–Kier alpha value is -1.98. The number of aliphatic hydroxyl groups is 1. The highest BCUT2D eigenvalue weighted by atomic mass is 19.1. The second-order valence-corrected chi connectivity index (χ2v) is 5.72. The van der Waals surface area contributed by atoms with Gasteiger partial charge in [0.05, 0.1) is 6.10 Å². The minimum atomic E-state index is -1.86. The molecule has 1 heterocycles. The summed E-state index contributed by atoms with van der Waals surface area (Å²) in [7, 11) is 0. The largest absolute Gasteiger partial charge is 0.387 e. The molecule has 3 rings (SSSR count). The van der Waals surface area contributed by atoms with Gasteiger partial charge in [-0.1, -0.05) is 36.4 Å². The molecule has 4 nitrogen and oxygen atoms in total. The van der Waals surface area contributed by atoms with Crippen molar-refractivity contribution in [1.82, 2.24) is 10.6 Å². The fourth-order valence-electron chi connectivity index (χ4n) is 2.74. The number of halogens is 1. The Balaban J connectivity index is 1.65. The monoisotopic (exact) mass is 302 g/mol. The highest BCUT2D eigenvalue weighted by Gasteiger charge is 2.41. The predicted molar refractivity (Wildman–Crippen MR) is 83.2 cm³/mol. The van der Waals surface area contributed by atoms with Crippen LogP contribution < -0.4 is 10.6 Å². The summed E-state index contributed by atoms with van der Waals surface area (Å²) in [6.07, 6.45) is -0.684. The molecule has 0 spiro atoms. The van der Waals surface area contributed by atoms with Crippen LogP contribution in [-0.2, 0) is 4.79 Å². The number of benzene rings is 2. The maximum Gasteiger partial charge on any atom is 0.259 e. The van der Waals surface area contributed by atoms with E-state index in [1.807, 2.05) is 42.5 Å². The van der Waals surface area contributed by atoms with Crippen molar-refractivity contribution >= 4 is 16.7 Å². The van der Waals surface area contributed by atoms with Crippen molar-refractivity contribution in [3.8, 4) is 0 Å². The lowest BCUT2D eigenvalue weighted by Gasteiger charge is -2.19. The van der Waals surface area contributed by atoms with Crippen molar-refractivity contribution in [3.05, 3.63) is 48.0 Å². The van der Waals surface area contributed by atoms with Crippen molar-refractivity contribution < 1.29 is 14.3 Å². The van der Waals surface area contributed by atoms with E-state index in [9.17, 15) is 14.3 Å². The maximum absolute atomic E-state index is 14.2. The van der Waals surface area contributed by atoms with Gasteiger partial charge in [-0.15, -0.1) is 0 Å². The molecular formula is C17H19FN2O2. The number of hydrogen-bond acceptors (Lipinski definition) is 3. The first-order valence-electron chi connectivity index (χ1n) is 7.43. The quantitative estimate of drug-likeness (QED) is 0.805. The van der Waals surface area contributed by atoms with Crippen molar-refractivity contribution in [1.29, 1.82) is 0 Å². The average molecular weight is 302 g/mol. The van der Waals surface area contributed by atoms with Gasteiger partial charge in [-0.2, -0.15) is 0 Å². The molecule has 0 radical (unpaired) electrons. The van der Waals surface area contributed by atoms with Gasteiger partial charge in [-0.3, -0.25) is 4.79 Å². The number of carbonyl (C=O) groups excluding carboxylic acids is 1. The van der Waals surface area contributed by atoms with E-state index in [-0.39, 0.29) is 19.5 Å². The molecule has 22 heavy (non-hydrogen) atoms. The van der Waals surface area contributed by atoms with Crippen LogP contribution in [-0.4, -0.2) is 36.3 Å². The fraction of sp³-hybridized carbons (Fsp3) is 0.353. The molecule has 5 heteroatoms. The number of amides is 1. The molecule has 2 aromatic rings. The van der Waals surface area contributed by atoms with Gasteiger partial charge in [0.2, 0.25) is 5.67 Å². The van der Waals surface area contributed by atoms with Crippen LogP contribution in [0.3, 0.4) is 0 Å². The average Bonchev–Trinajstić information content (AvgIpc) is 2.99. The van der Waals surface area contributed by atoms with E-state index in [1.54, 1.807) is 0 Å². The lowest BCUT2D eigenvalue weighted by atomic mass is 10.0. The zero-order valence-corrected chi connectivity index (χ0v) is 12.2. The lowest BCUT2D eigenvalue weighted by molar-refractivity contribution is -0.132. The minimum absolute atomic E-state index is 0.00282. The second kappa shape index (κ2) is 6.02. The zero-order chi connectivity index (χ0) is 15.6. The predicted octanol–water partition coefficient (Wildman–Crippen LogP) is 1.69. The topological polar surface area (TPSA) is 61.4 Å². The van der Waals surface area contributed by atoms with Gasteiger partial charge in [0.25, 0.3) is 5.91 Å². The SMILES string of the molecule is O=C(NCC(O)c1ccc2ccccc2c1)C1(F)CCNC1. The van der Waals surface area contributed by atoms with Crippen LogP contribution in [0, 0.1) is 0 Å². The number of carbonyl (C=O) groups is 1. The van der Waals surface area contributed by atoms with Crippen LogP contribution in [0.5, 0.6) is 0 Å². The van der Waals surface area contributed by atoms with Gasteiger partial charge in [0.1, 0.15) is 0 Å². The summed E-state index contributed by atoms with van der Waals surface area (Å²) in [5, 5.41) is 17.7. The van der Waals surface area contributed by atoms with E-state index >= 15 is 0 Å². The Bertz CT molecular complexity index is 683. The van der Waals surface area contributed by atoms with Gasteiger partial charge in [0, 0.05) is 19.5 Å². The molecule has 1 amide bonds. The second-order valence-electron chi connectivity index (χ2n) is 5.72. The molecule has 2 atom stereocenters. The Morgan fingerprint density at radius 1 is 1.32 bits per heavy atom. The molecule has 2 unspecified atom stereocenters. The zero-order valence-electron chi connectivity index (χ0n) is 12.2. The third-order valence-electron chi connectivity index (χ3n) is 4.12. The summed E-state index contributed by atoms with van der Waals surface area (Å²) in [6, 6.07) is 13.5. The van der Waals surface area contributed by atoms with Crippen LogP contribution >= 0.6 is 0 Å². The fourth-order valence-corrected chi connectivity index (χ4v) is 2.74. The summed E-state index contributed by atoms with van der Waals surface area (Å²) < 4.78 is 14.2. The van der Waals surface area contributed by atoms with Crippen LogP contribution in [0.1, 0.15) is 18.1 Å². The Morgan fingerprint density at radius 2 is 2.09 bits per heavy atom. The van der Waals surface area contributed by atoms with Crippen LogP contribution in [0.4, 0.5) is 4.39 Å². The first-order valence-corrected chi connectivity index (χ1v) is 7.43. The molecule has 1 aliphatic rings. The van der Waals surface area contributed by atoms with Crippen LogP contribution in [0.2, 0.25) is 0 Å². The minimum Gasteiger partial charge on any atom is -0.387 e. The smallest absolute Gasteiger partial charge is 0.259 e. The van der Waals surface area contributed by atoms with E-state index in [0.717, 1.165) is 10.8 Å². The Morgan fingerprint density at radius 3 is 2.82 bits per heavy atom. The summed E-state index contributed by atoms with van der Waals surface area (Å²) in [6.45, 7) is 0.533. The number of nitrogens with one attached hydrogen (secondary N) is 2. The highest BCUT2D eigenvalue weighted by molar-refractivity contribution is 5.86. The van der Waals surface area contributed by atoms with Gasteiger partial charge in [0.15, 0.2) is 0 Å². The molecule has 0 bridgehead atoms. The van der Waals surface area contributed by atoms with Gasteiger partial charge in [-0.25, -0.2) is 4.39 Å². The van der Waals surface area contributed by atoms with Gasteiger partial charge < -0.3 is 15.7 Å². The molecule has 116 valence electrons. The number of aliphatic hydroxyl groups excluding tert-OH is 1. The molecule has 0 aliphatic carbocycles. The number of alkyl halides is 1. The summed E-state index contributed by atoms with van der Waals surface area (Å²) >= 11 is 0. The maximum atomic E-state index is 14.2. The normalized spacial score (nSPS) is 22.6. The van der Waals surface area contributed by atoms with Crippen molar-refractivity contribution in [3.63, 3.8) is 0 Å². The van der Waals surface area contributed by atoms with E-state index < -0.39 is 17.7 Å². The van der Waals surface area contributed by atoms with Crippen molar-refractivity contribution in [2.75, 3.05) is 19.6 Å². The molecule has 3 N–H and O–H groups in total.